The van der Waals surface area contributed by atoms with Crippen LogP contribution < -0.4 is 0 Å². The molecular formula is C51H39N3. The summed E-state index contributed by atoms with van der Waals surface area (Å²) in [4.78, 5) is 14.5. The second kappa shape index (κ2) is 13.5. The van der Waals surface area contributed by atoms with Gasteiger partial charge in [0.2, 0.25) is 0 Å². The van der Waals surface area contributed by atoms with Gasteiger partial charge in [-0.05, 0) is 92.7 Å². The molecule has 0 saturated heterocycles. The molecule has 10 rings (SSSR count). The molecule has 54 heavy (non-hydrogen) atoms. The average molecular weight is 694 g/mol. The van der Waals surface area contributed by atoms with Crippen molar-refractivity contribution in [3.63, 3.8) is 0 Å². The summed E-state index contributed by atoms with van der Waals surface area (Å²) in [7, 11) is 0. The molecular weight excluding hydrogens is 655 g/mol. The third kappa shape index (κ3) is 5.64. The van der Waals surface area contributed by atoms with E-state index in [1.165, 1.54) is 76.6 Å². The molecule has 8 aromatic rings. The van der Waals surface area contributed by atoms with Gasteiger partial charge >= 0.3 is 0 Å². The molecule has 0 aliphatic heterocycles. The quantitative estimate of drug-likeness (QED) is 0.174. The smallest absolute Gasteiger partial charge is 0.160 e. The SMILES string of the molecule is c1ccc(-c2nc(-c3ccc(-c4cccnc4)cc3)cc(-c3cccc(-c4cccc(-c5cccc6c5C5(CCCCC5)c5ccccc5-6)c4)c3)n2)cc1. The first-order valence-electron chi connectivity index (χ1n) is 19.1. The van der Waals surface area contributed by atoms with Crippen LogP contribution in [-0.4, -0.2) is 15.0 Å². The van der Waals surface area contributed by atoms with Crippen LogP contribution in [0.2, 0.25) is 0 Å². The summed E-state index contributed by atoms with van der Waals surface area (Å²) >= 11 is 0. The Kier molecular flexibility index (Phi) is 8.06. The van der Waals surface area contributed by atoms with Crippen LogP contribution in [0.4, 0.5) is 0 Å². The Labute approximate surface area is 317 Å². The molecule has 3 heteroatoms. The fourth-order valence-electron chi connectivity index (χ4n) is 9.03. The number of rotatable bonds is 6. The maximum absolute atomic E-state index is 5.15. The lowest BCUT2D eigenvalue weighted by Gasteiger charge is -2.37. The molecule has 1 spiro atoms. The van der Waals surface area contributed by atoms with Crippen molar-refractivity contribution in [1.82, 2.24) is 15.0 Å². The highest BCUT2D eigenvalue weighted by molar-refractivity contribution is 5.89. The molecule has 0 N–H and O–H groups in total. The largest absolute Gasteiger partial charge is 0.264 e. The minimum absolute atomic E-state index is 0.0942. The van der Waals surface area contributed by atoms with Gasteiger partial charge in [-0.2, -0.15) is 0 Å². The van der Waals surface area contributed by atoms with Gasteiger partial charge < -0.3 is 0 Å². The maximum Gasteiger partial charge on any atom is 0.160 e. The third-order valence-corrected chi connectivity index (χ3v) is 11.6. The molecule has 3 nitrogen and oxygen atoms in total. The van der Waals surface area contributed by atoms with Crippen molar-refractivity contribution in [2.45, 2.75) is 37.5 Å². The molecule has 2 aliphatic carbocycles. The summed E-state index contributed by atoms with van der Waals surface area (Å²) in [6.45, 7) is 0. The van der Waals surface area contributed by atoms with Crippen molar-refractivity contribution in [2.24, 2.45) is 0 Å². The fraction of sp³-hybridized carbons (Fsp3) is 0.118. The van der Waals surface area contributed by atoms with Gasteiger partial charge in [0, 0.05) is 34.5 Å². The number of aromatic nitrogens is 3. The molecule has 1 saturated carbocycles. The van der Waals surface area contributed by atoms with Gasteiger partial charge in [-0.3, -0.25) is 4.98 Å². The normalized spacial score (nSPS) is 14.1. The molecule has 2 aliphatic rings. The summed E-state index contributed by atoms with van der Waals surface area (Å²) in [5, 5.41) is 0. The first kappa shape index (κ1) is 32.2. The predicted molar refractivity (Wildman–Crippen MR) is 222 cm³/mol. The number of hydrogen-bond acceptors (Lipinski definition) is 3. The Morgan fingerprint density at radius 1 is 0.389 bits per heavy atom. The van der Waals surface area contributed by atoms with Crippen LogP contribution in [-0.2, 0) is 5.41 Å². The Morgan fingerprint density at radius 2 is 0.981 bits per heavy atom. The van der Waals surface area contributed by atoms with E-state index in [-0.39, 0.29) is 5.41 Å². The average Bonchev–Trinajstić information content (AvgIpc) is 3.53. The summed E-state index contributed by atoms with van der Waals surface area (Å²) in [6, 6.07) is 59.1. The van der Waals surface area contributed by atoms with Crippen LogP contribution in [0.3, 0.4) is 0 Å². The maximum atomic E-state index is 5.15. The standard InChI is InChI=1S/C51H39N3/c1-3-13-37(14-4-1)50-53-47(36-26-24-35(25-27-36)42-19-12-30-52-34-42)33-48(54-50)41-18-10-16-39(32-41)38-15-9-17-40(31-38)43-21-11-22-45-44-20-5-6-23-46(44)51(49(43)45)28-7-2-8-29-51/h1,3-6,9-27,30-34H,2,7-8,28-29H2. The van der Waals surface area contributed by atoms with Crippen molar-refractivity contribution in [1.29, 1.82) is 0 Å². The van der Waals surface area contributed by atoms with Gasteiger partial charge in [0.1, 0.15) is 0 Å². The highest BCUT2D eigenvalue weighted by Gasteiger charge is 2.45. The zero-order chi connectivity index (χ0) is 35.9. The minimum Gasteiger partial charge on any atom is -0.264 e. The number of fused-ring (bicyclic) bond motifs is 5. The Bertz CT molecular complexity index is 2620. The molecule has 0 unspecified atom stereocenters. The molecule has 0 atom stereocenters. The van der Waals surface area contributed by atoms with E-state index >= 15 is 0 Å². The Morgan fingerprint density at radius 3 is 1.76 bits per heavy atom. The van der Waals surface area contributed by atoms with E-state index in [1.54, 1.807) is 6.20 Å². The van der Waals surface area contributed by atoms with Crippen LogP contribution >= 0.6 is 0 Å². The van der Waals surface area contributed by atoms with E-state index in [4.69, 9.17) is 9.97 Å². The zero-order valence-electron chi connectivity index (χ0n) is 30.1. The molecule has 0 amide bonds. The highest BCUT2D eigenvalue weighted by Crippen LogP contribution is 2.58. The first-order chi connectivity index (χ1) is 26.7. The lowest BCUT2D eigenvalue weighted by molar-refractivity contribution is 0.353. The lowest BCUT2D eigenvalue weighted by Crippen LogP contribution is -2.28. The van der Waals surface area contributed by atoms with E-state index in [1.807, 2.05) is 30.5 Å². The third-order valence-electron chi connectivity index (χ3n) is 11.6. The highest BCUT2D eigenvalue weighted by atomic mass is 14.9. The van der Waals surface area contributed by atoms with Crippen LogP contribution in [0.25, 0.3) is 78.4 Å². The van der Waals surface area contributed by atoms with Crippen molar-refractivity contribution in [2.75, 3.05) is 0 Å². The van der Waals surface area contributed by atoms with Crippen molar-refractivity contribution in [3.05, 3.63) is 187 Å². The van der Waals surface area contributed by atoms with Gasteiger partial charge in [0.05, 0.1) is 11.4 Å². The van der Waals surface area contributed by atoms with Gasteiger partial charge in [-0.1, -0.05) is 159 Å². The molecule has 1 fully saturated rings. The van der Waals surface area contributed by atoms with Gasteiger partial charge in [-0.25, -0.2) is 9.97 Å². The van der Waals surface area contributed by atoms with E-state index in [9.17, 15) is 0 Å². The van der Waals surface area contributed by atoms with Crippen molar-refractivity contribution in [3.8, 4) is 78.4 Å². The van der Waals surface area contributed by atoms with Crippen LogP contribution in [0, 0.1) is 0 Å². The second-order valence-electron chi connectivity index (χ2n) is 14.7. The predicted octanol–water partition coefficient (Wildman–Crippen LogP) is 13.1. The van der Waals surface area contributed by atoms with E-state index in [0.29, 0.717) is 5.82 Å². The molecule has 6 aromatic carbocycles. The van der Waals surface area contributed by atoms with Crippen LogP contribution in [0.1, 0.15) is 43.2 Å². The van der Waals surface area contributed by atoms with Gasteiger partial charge in [-0.15, -0.1) is 0 Å². The Balaban J connectivity index is 1.04. The van der Waals surface area contributed by atoms with Crippen molar-refractivity contribution >= 4 is 0 Å². The zero-order valence-corrected chi connectivity index (χ0v) is 30.1. The number of nitrogens with zero attached hydrogens (tertiary/aromatic N) is 3. The monoisotopic (exact) mass is 693 g/mol. The molecule has 0 bridgehead atoms. The fourth-order valence-corrected chi connectivity index (χ4v) is 9.03. The van der Waals surface area contributed by atoms with E-state index in [0.717, 1.165) is 39.2 Å². The van der Waals surface area contributed by atoms with Crippen LogP contribution in [0.15, 0.2) is 176 Å². The Hall–Kier alpha value is -6.45. The van der Waals surface area contributed by atoms with Gasteiger partial charge in [0.25, 0.3) is 0 Å². The summed E-state index contributed by atoms with van der Waals surface area (Å²) in [5.74, 6) is 0.711. The summed E-state index contributed by atoms with van der Waals surface area (Å²) in [5.41, 5.74) is 18.1. The number of benzene rings is 6. The molecule has 2 heterocycles. The molecule has 0 radical (unpaired) electrons. The molecule has 2 aromatic heterocycles. The van der Waals surface area contributed by atoms with E-state index in [2.05, 4.69) is 145 Å². The molecule has 258 valence electrons. The summed E-state index contributed by atoms with van der Waals surface area (Å²) in [6.07, 6.45) is 10.0. The first-order valence-corrected chi connectivity index (χ1v) is 19.1. The van der Waals surface area contributed by atoms with E-state index < -0.39 is 0 Å². The lowest BCUT2D eigenvalue weighted by atomic mass is 9.66. The number of pyridine rings is 1. The second-order valence-corrected chi connectivity index (χ2v) is 14.7. The number of hydrogen-bond donors (Lipinski definition) is 0. The van der Waals surface area contributed by atoms with Crippen molar-refractivity contribution < 1.29 is 0 Å². The minimum atomic E-state index is 0.0942. The van der Waals surface area contributed by atoms with Crippen LogP contribution in [0.5, 0.6) is 0 Å². The van der Waals surface area contributed by atoms with Gasteiger partial charge in [0.15, 0.2) is 5.82 Å². The summed E-state index contributed by atoms with van der Waals surface area (Å²) < 4.78 is 0. The topological polar surface area (TPSA) is 38.7 Å².